The molecule has 1 N–H and O–H groups in total. The van der Waals surface area contributed by atoms with Gasteiger partial charge in [0, 0.05) is 43.5 Å². The van der Waals surface area contributed by atoms with Crippen molar-refractivity contribution < 1.29 is 4.74 Å². The molecule has 0 amide bonds. The number of nitrogens with zero attached hydrogens (tertiary/aromatic N) is 4. The molecule has 0 unspecified atom stereocenters. The maximum absolute atomic E-state index is 12.6. The molecule has 0 fully saturated rings. The number of hydrogen-bond donors (Lipinski definition) is 1. The average molecular weight is 434 g/mol. The van der Waals surface area contributed by atoms with E-state index in [0.717, 1.165) is 49.7 Å². The Kier molecular flexibility index (Phi) is 6.97. The van der Waals surface area contributed by atoms with Gasteiger partial charge in [-0.25, -0.2) is 4.98 Å². The predicted octanol–water partition coefficient (Wildman–Crippen LogP) is 3.24. The second-order valence-electron chi connectivity index (χ2n) is 8.12. The zero-order chi connectivity index (χ0) is 22.5. The first-order valence-electron chi connectivity index (χ1n) is 11.2. The first-order chi connectivity index (χ1) is 15.6. The van der Waals surface area contributed by atoms with Crippen LogP contribution in [0.1, 0.15) is 36.2 Å². The number of rotatable bonds is 8. The van der Waals surface area contributed by atoms with Gasteiger partial charge in [-0.3, -0.25) is 19.6 Å². The summed E-state index contributed by atoms with van der Waals surface area (Å²) in [5, 5.41) is 0. The number of fused-ring (bicyclic) bond motifs is 1. The lowest BCUT2D eigenvalue weighted by Crippen LogP contribution is -2.35. The molecule has 0 aliphatic carbocycles. The van der Waals surface area contributed by atoms with Crippen LogP contribution < -0.4 is 10.3 Å². The van der Waals surface area contributed by atoms with E-state index >= 15 is 0 Å². The zero-order valence-electron chi connectivity index (χ0n) is 19.1. The highest BCUT2D eigenvalue weighted by molar-refractivity contribution is 5.49. The number of methoxy groups -OCH3 is 1. The Balaban J connectivity index is 1.54. The molecule has 7 nitrogen and oxygen atoms in total. The quantitative estimate of drug-likeness (QED) is 0.588. The van der Waals surface area contributed by atoms with Crippen molar-refractivity contribution in [2.45, 2.75) is 39.9 Å². The van der Waals surface area contributed by atoms with Crippen molar-refractivity contribution in [3.63, 3.8) is 0 Å². The van der Waals surface area contributed by atoms with E-state index in [9.17, 15) is 4.79 Å². The minimum atomic E-state index is -0.0544. The fourth-order valence-electron chi connectivity index (χ4n) is 4.25. The fraction of sp³-hybridized carbons (Fsp3) is 0.400. The number of H-pyrrole nitrogens is 1. The summed E-state index contributed by atoms with van der Waals surface area (Å²) < 4.78 is 5.60. The molecule has 32 heavy (non-hydrogen) atoms. The van der Waals surface area contributed by atoms with E-state index in [1.807, 2.05) is 18.2 Å². The second kappa shape index (κ2) is 10.1. The topological polar surface area (TPSA) is 74.4 Å². The van der Waals surface area contributed by atoms with Crippen molar-refractivity contribution >= 4 is 0 Å². The molecule has 3 aromatic rings. The van der Waals surface area contributed by atoms with Crippen LogP contribution in [-0.4, -0.2) is 51.5 Å². The monoisotopic (exact) mass is 433 g/mol. The summed E-state index contributed by atoms with van der Waals surface area (Å²) >= 11 is 0. The first-order valence-corrected chi connectivity index (χ1v) is 11.2. The summed E-state index contributed by atoms with van der Waals surface area (Å²) in [7, 11) is 1.73. The SMILES string of the molecule is CCN(CC)Cc1cc(CN2CCc3c(nc(-c4ccccn4)[nH]c3=O)C2)ccc1OC. The molecule has 0 saturated carbocycles. The minimum Gasteiger partial charge on any atom is -0.496 e. The lowest BCUT2D eigenvalue weighted by Gasteiger charge is -2.28. The van der Waals surface area contributed by atoms with E-state index in [4.69, 9.17) is 9.72 Å². The van der Waals surface area contributed by atoms with E-state index in [2.05, 4.69) is 51.8 Å². The highest BCUT2D eigenvalue weighted by Crippen LogP contribution is 2.24. The number of benzene rings is 1. The van der Waals surface area contributed by atoms with Crippen molar-refractivity contribution in [3.8, 4) is 17.3 Å². The summed E-state index contributed by atoms with van der Waals surface area (Å²) in [6.07, 6.45) is 2.41. The summed E-state index contributed by atoms with van der Waals surface area (Å²) in [4.78, 5) is 29.4. The van der Waals surface area contributed by atoms with Crippen molar-refractivity contribution in [1.82, 2.24) is 24.8 Å². The molecular weight excluding hydrogens is 402 g/mol. The first kappa shape index (κ1) is 22.2. The van der Waals surface area contributed by atoms with Gasteiger partial charge in [0.15, 0.2) is 5.82 Å². The van der Waals surface area contributed by atoms with Crippen LogP contribution in [0.5, 0.6) is 5.75 Å². The Morgan fingerprint density at radius 2 is 2.03 bits per heavy atom. The van der Waals surface area contributed by atoms with E-state index < -0.39 is 0 Å². The third-order valence-corrected chi connectivity index (χ3v) is 6.10. The van der Waals surface area contributed by atoms with Gasteiger partial charge in [-0.05, 0) is 49.3 Å². The van der Waals surface area contributed by atoms with Crippen LogP contribution in [0.3, 0.4) is 0 Å². The molecule has 0 spiro atoms. The lowest BCUT2D eigenvalue weighted by atomic mass is 10.0. The standard InChI is InChI=1S/C25H31N5O2/c1-4-29(5-2)16-19-14-18(9-10-23(19)32-3)15-30-13-11-20-22(17-30)27-24(28-25(20)31)21-8-6-7-12-26-21/h6-10,12,14H,4-5,11,13,15-17H2,1-3H3,(H,27,28,31). The van der Waals surface area contributed by atoms with E-state index in [1.54, 1.807) is 13.3 Å². The van der Waals surface area contributed by atoms with Crippen LogP contribution in [0.15, 0.2) is 47.4 Å². The Bertz CT molecular complexity index is 1110. The smallest absolute Gasteiger partial charge is 0.254 e. The number of ether oxygens (including phenoxy) is 1. The molecule has 4 rings (SSSR count). The fourth-order valence-corrected chi connectivity index (χ4v) is 4.25. The lowest BCUT2D eigenvalue weighted by molar-refractivity contribution is 0.240. The van der Waals surface area contributed by atoms with Gasteiger partial charge in [0.25, 0.3) is 5.56 Å². The molecule has 0 bridgehead atoms. The summed E-state index contributed by atoms with van der Waals surface area (Å²) in [5.74, 6) is 1.46. The Morgan fingerprint density at radius 1 is 1.19 bits per heavy atom. The van der Waals surface area contributed by atoms with Crippen molar-refractivity contribution in [2.75, 3.05) is 26.7 Å². The highest BCUT2D eigenvalue weighted by atomic mass is 16.5. The van der Waals surface area contributed by atoms with Gasteiger partial charge in [-0.1, -0.05) is 26.0 Å². The Hall–Kier alpha value is -3.03. The zero-order valence-corrected chi connectivity index (χ0v) is 19.1. The number of pyridine rings is 1. The van der Waals surface area contributed by atoms with Crippen LogP contribution in [-0.2, 0) is 26.1 Å². The van der Waals surface area contributed by atoms with Gasteiger partial charge in [-0.15, -0.1) is 0 Å². The molecule has 1 aromatic carbocycles. The Labute approximate surface area is 189 Å². The largest absolute Gasteiger partial charge is 0.496 e. The number of aromatic nitrogens is 3. The molecule has 1 aliphatic rings. The van der Waals surface area contributed by atoms with Crippen LogP contribution >= 0.6 is 0 Å². The van der Waals surface area contributed by atoms with E-state index in [-0.39, 0.29) is 5.56 Å². The second-order valence-corrected chi connectivity index (χ2v) is 8.12. The number of hydrogen-bond acceptors (Lipinski definition) is 6. The van der Waals surface area contributed by atoms with Gasteiger partial charge in [0.05, 0.1) is 12.8 Å². The normalized spacial score (nSPS) is 13.9. The highest BCUT2D eigenvalue weighted by Gasteiger charge is 2.22. The van der Waals surface area contributed by atoms with Gasteiger partial charge in [0.2, 0.25) is 0 Å². The van der Waals surface area contributed by atoms with Gasteiger partial charge in [-0.2, -0.15) is 0 Å². The molecule has 0 atom stereocenters. The van der Waals surface area contributed by atoms with Gasteiger partial charge in [0.1, 0.15) is 11.4 Å². The van der Waals surface area contributed by atoms with Crippen molar-refractivity contribution in [1.29, 1.82) is 0 Å². The summed E-state index contributed by atoms with van der Waals surface area (Å²) in [6, 6.07) is 12.1. The van der Waals surface area contributed by atoms with Crippen molar-refractivity contribution in [2.24, 2.45) is 0 Å². The minimum absolute atomic E-state index is 0.0544. The van der Waals surface area contributed by atoms with E-state index in [1.165, 1.54) is 11.1 Å². The maximum atomic E-state index is 12.6. The van der Waals surface area contributed by atoms with Crippen LogP contribution in [0.4, 0.5) is 0 Å². The molecule has 1 aliphatic heterocycles. The van der Waals surface area contributed by atoms with Gasteiger partial charge >= 0.3 is 0 Å². The third kappa shape index (κ3) is 4.89. The van der Waals surface area contributed by atoms with Crippen LogP contribution in [0, 0.1) is 0 Å². The summed E-state index contributed by atoms with van der Waals surface area (Å²) in [5.41, 5.74) is 4.71. The van der Waals surface area contributed by atoms with Gasteiger partial charge < -0.3 is 9.72 Å². The Morgan fingerprint density at radius 3 is 2.75 bits per heavy atom. The average Bonchev–Trinajstić information content (AvgIpc) is 2.83. The van der Waals surface area contributed by atoms with E-state index in [0.29, 0.717) is 24.5 Å². The maximum Gasteiger partial charge on any atom is 0.254 e. The number of nitrogens with one attached hydrogen (secondary N) is 1. The predicted molar refractivity (Wildman–Crippen MR) is 126 cm³/mol. The molecule has 2 aromatic heterocycles. The molecule has 0 saturated heterocycles. The molecule has 7 heteroatoms. The van der Waals surface area contributed by atoms with Crippen molar-refractivity contribution in [3.05, 3.63) is 75.3 Å². The molecule has 3 heterocycles. The molecule has 0 radical (unpaired) electrons. The van der Waals surface area contributed by atoms with Crippen LogP contribution in [0.2, 0.25) is 0 Å². The summed E-state index contributed by atoms with van der Waals surface area (Å²) in [6.45, 7) is 9.53. The molecular formula is C25H31N5O2. The van der Waals surface area contributed by atoms with Crippen LogP contribution in [0.25, 0.3) is 11.5 Å². The third-order valence-electron chi connectivity index (χ3n) is 6.10. The number of aromatic amines is 1. The molecule has 168 valence electrons.